The van der Waals surface area contributed by atoms with Crippen molar-refractivity contribution in [1.82, 2.24) is 14.5 Å². The second-order valence-electron chi connectivity index (χ2n) is 10.5. The van der Waals surface area contributed by atoms with Gasteiger partial charge >= 0.3 is 6.09 Å². The van der Waals surface area contributed by atoms with Gasteiger partial charge in [0, 0.05) is 31.3 Å². The van der Waals surface area contributed by atoms with Crippen molar-refractivity contribution in [3.8, 4) is 11.3 Å². The number of carbonyl (C=O) groups excluding carboxylic acids is 1. The monoisotopic (exact) mass is 437 g/mol. The summed E-state index contributed by atoms with van der Waals surface area (Å²) in [6.07, 6.45) is 6.92. The highest BCUT2D eigenvalue weighted by Crippen LogP contribution is 2.49. The highest BCUT2D eigenvalue weighted by atomic mass is 16.6. The summed E-state index contributed by atoms with van der Waals surface area (Å²) in [6.45, 7) is 9.79. The van der Waals surface area contributed by atoms with Crippen LogP contribution >= 0.6 is 0 Å². The third-order valence-corrected chi connectivity index (χ3v) is 7.09. The number of benzene rings is 1. The minimum Gasteiger partial charge on any atom is -0.444 e. The predicted octanol–water partition coefficient (Wildman–Crippen LogP) is 5.04. The van der Waals surface area contributed by atoms with Crippen molar-refractivity contribution in [2.24, 2.45) is 11.3 Å². The summed E-state index contributed by atoms with van der Waals surface area (Å²) in [6, 6.07) is 9.65. The van der Waals surface area contributed by atoms with Gasteiger partial charge in [-0.1, -0.05) is 37.1 Å². The van der Waals surface area contributed by atoms with Crippen molar-refractivity contribution in [2.75, 3.05) is 13.1 Å². The molecule has 1 aliphatic carbocycles. The number of rotatable bonds is 3. The van der Waals surface area contributed by atoms with E-state index in [1.807, 2.05) is 56.9 Å². The van der Waals surface area contributed by atoms with Crippen molar-refractivity contribution < 1.29 is 9.53 Å². The molecule has 172 valence electrons. The Bertz CT molecular complexity index is 1030. The Hall–Kier alpha value is -2.63. The second-order valence-corrected chi connectivity index (χ2v) is 10.5. The lowest BCUT2D eigenvalue weighted by atomic mass is 9.69. The Morgan fingerprint density at radius 1 is 1.22 bits per heavy atom. The molecule has 1 spiro atoms. The van der Waals surface area contributed by atoms with E-state index < -0.39 is 5.60 Å². The summed E-state index contributed by atoms with van der Waals surface area (Å²) < 4.78 is 7.40. The van der Waals surface area contributed by atoms with Crippen LogP contribution < -0.4 is 5.56 Å². The van der Waals surface area contributed by atoms with Crippen LogP contribution in [-0.2, 0) is 11.3 Å². The molecule has 0 N–H and O–H groups in total. The molecule has 0 unspecified atom stereocenters. The van der Waals surface area contributed by atoms with E-state index in [0.717, 1.165) is 42.6 Å². The van der Waals surface area contributed by atoms with E-state index >= 15 is 0 Å². The highest BCUT2D eigenvalue weighted by molar-refractivity contribution is 5.68. The quantitative estimate of drug-likeness (QED) is 0.675. The maximum Gasteiger partial charge on any atom is 0.410 e. The number of piperidine rings is 1. The number of hydrogen-bond acceptors (Lipinski definition) is 4. The standard InChI is InChI=1S/C26H35N3O3/c1-19-9-5-6-10-21(19)22-15-23(30)29(18-27-22)16-20-11-14-28(24(31)32-25(2,3)4)17-26(20)12-7-8-13-26/h5-6,9-10,15,18,20H,7-8,11-14,16-17H2,1-4H3/t20-/m0/s1. The molecule has 32 heavy (non-hydrogen) atoms. The van der Waals surface area contributed by atoms with Crippen LogP contribution in [0.5, 0.6) is 0 Å². The third-order valence-electron chi connectivity index (χ3n) is 7.09. The molecule has 1 aliphatic heterocycles. The zero-order chi connectivity index (χ0) is 22.9. The van der Waals surface area contributed by atoms with Crippen LogP contribution in [0.1, 0.15) is 58.4 Å². The molecular weight excluding hydrogens is 402 g/mol. The number of nitrogens with zero attached hydrogens (tertiary/aromatic N) is 3. The smallest absolute Gasteiger partial charge is 0.410 e. The molecule has 0 bridgehead atoms. The molecular formula is C26H35N3O3. The number of ether oxygens (including phenoxy) is 1. The molecule has 1 amide bonds. The fourth-order valence-corrected chi connectivity index (χ4v) is 5.43. The molecule has 1 aromatic heterocycles. The van der Waals surface area contributed by atoms with Crippen molar-refractivity contribution in [3.05, 3.63) is 52.6 Å². The summed E-state index contributed by atoms with van der Waals surface area (Å²) in [5, 5.41) is 0. The largest absolute Gasteiger partial charge is 0.444 e. The fraction of sp³-hybridized carbons (Fsp3) is 0.577. The van der Waals surface area contributed by atoms with Crippen molar-refractivity contribution in [1.29, 1.82) is 0 Å². The van der Waals surface area contributed by atoms with E-state index in [9.17, 15) is 9.59 Å². The lowest BCUT2D eigenvalue weighted by Gasteiger charge is -2.46. The molecule has 6 heteroatoms. The first-order valence-electron chi connectivity index (χ1n) is 11.8. The zero-order valence-corrected chi connectivity index (χ0v) is 19.8. The molecule has 1 saturated heterocycles. The van der Waals surface area contributed by atoms with E-state index in [-0.39, 0.29) is 17.1 Å². The lowest BCUT2D eigenvalue weighted by molar-refractivity contribution is -0.0156. The van der Waals surface area contributed by atoms with Gasteiger partial charge in [-0.15, -0.1) is 0 Å². The zero-order valence-electron chi connectivity index (χ0n) is 19.8. The first-order chi connectivity index (χ1) is 15.2. The van der Waals surface area contributed by atoms with Gasteiger partial charge < -0.3 is 9.64 Å². The van der Waals surface area contributed by atoms with Crippen molar-refractivity contribution >= 4 is 6.09 Å². The van der Waals surface area contributed by atoms with Gasteiger partial charge in [0.1, 0.15) is 5.60 Å². The Labute approximate surface area is 190 Å². The molecule has 4 rings (SSSR count). The Morgan fingerprint density at radius 3 is 2.59 bits per heavy atom. The average Bonchev–Trinajstić information content (AvgIpc) is 3.19. The topological polar surface area (TPSA) is 64.4 Å². The minimum atomic E-state index is -0.491. The van der Waals surface area contributed by atoms with E-state index in [1.165, 1.54) is 12.8 Å². The van der Waals surface area contributed by atoms with Gasteiger partial charge in [-0.3, -0.25) is 9.36 Å². The van der Waals surface area contributed by atoms with Gasteiger partial charge in [0.15, 0.2) is 0 Å². The SMILES string of the molecule is Cc1ccccc1-c1cc(=O)n(C[C@@H]2CCN(C(=O)OC(C)(C)C)CC23CCCC3)cn1. The molecule has 1 atom stereocenters. The minimum absolute atomic E-state index is 0.0130. The van der Waals surface area contributed by atoms with Crippen LogP contribution in [0, 0.1) is 18.3 Å². The van der Waals surface area contributed by atoms with Gasteiger partial charge in [-0.2, -0.15) is 0 Å². The maximum absolute atomic E-state index is 13.0. The predicted molar refractivity (Wildman–Crippen MR) is 125 cm³/mol. The number of amides is 1. The third kappa shape index (κ3) is 4.74. The number of aryl methyl sites for hydroxylation is 1. The molecule has 1 saturated carbocycles. The lowest BCUT2D eigenvalue weighted by Crippen LogP contribution is -2.52. The molecule has 1 aromatic carbocycles. The normalized spacial score (nSPS) is 20.5. The summed E-state index contributed by atoms with van der Waals surface area (Å²) >= 11 is 0. The van der Waals surface area contributed by atoms with Crippen LogP contribution in [0.15, 0.2) is 41.5 Å². The van der Waals surface area contributed by atoms with E-state index in [0.29, 0.717) is 19.0 Å². The number of aromatic nitrogens is 2. The van der Waals surface area contributed by atoms with Gasteiger partial charge in [-0.05, 0) is 63.9 Å². The van der Waals surface area contributed by atoms with Crippen LogP contribution in [0.4, 0.5) is 4.79 Å². The van der Waals surface area contributed by atoms with Gasteiger partial charge in [0.25, 0.3) is 5.56 Å². The average molecular weight is 438 g/mol. The Balaban J connectivity index is 1.52. The molecule has 2 heterocycles. The molecule has 2 fully saturated rings. The van der Waals surface area contributed by atoms with E-state index in [2.05, 4.69) is 4.98 Å². The van der Waals surface area contributed by atoms with Crippen LogP contribution in [0.3, 0.4) is 0 Å². The van der Waals surface area contributed by atoms with E-state index in [1.54, 1.807) is 17.0 Å². The first-order valence-corrected chi connectivity index (χ1v) is 11.8. The maximum atomic E-state index is 13.0. The van der Waals surface area contributed by atoms with Crippen LogP contribution in [0.2, 0.25) is 0 Å². The van der Waals surface area contributed by atoms with Crippen molar-refractivity contribution in [2.45, 2.75) is 71.9 Å². The van der Waals surface area contributed by atoms with Crippen LogP contribution in [0.25, 0.3) is 11.3 Å². The molecule has 0 radical (unpaired) electrons. The van der Waals surface area contributed by atoms with Crippen molar-refractivity contribution in [3.63, 3.8) is 0 Å². The van der Waals surface area contributed by atoms with Gasteiger partial charge in [0.05, 0.1) is 12.0 Å². The van der Waals surface area contributed by atoms with Gasteiger partial charge in [0.2, 0.25) is 0 Å². The Morgan fingerprint density at radius 2 is 1.94 bits per heavy atom. The second kappa shape index (κ2) is 8.72. The number of hydrogen-bond donors (Lipinski definition) is 0. The fourth-order valence-electron chi connectivity index (χ4n) is 5.43. The Kier molecular flexibility index (Phi) is 6.15. The summed E-state index contributed by atoms with van der Waals surface area (Å²) in [7, 11) is 0. The highest BCUT2D eigenvalue weighted by Gasteiger charge is 2.46. The van der Waals surface area contributed by atoms with E-state index in [4.69, 9.17) is 4.74 Å². The molecule has 2 aromatic rings. The molecule has 2 aliphatic rings. The van der Waals surface area contributed by atoms with Gasteiger partial charge in [-0.25, -0.2) is 9.78 Å². The number of carbonyl (C=O) groups is 1. The number of likely N-dealkylation sites (tertiary alicyclic amines) is 1. The summed E-state index contributed by atoms with van der Waals surface area (Å²) in [5.41, 5.74) is 2.38. The first kappa shape index (κ1) is 22.6. The summed E-state index contributed by atoms with van der Waals surface area (Å²) in [5.74, 6) is 0.354. The molecule has 6 nitrogen and oxygen atoms in total. The summed E-state index contributed by atoms with van der Waals surface area (Å²) in [4.78, 5) is 32.2. The van der Waals surface area contributed by atoms with Crippen LogP contribution in [-0.4, -0.2) is 39.2 Å².